The van der Waals surface area contributed by atoms with Gasteiger partial charge in [-0.05, 0) is 6.42 Å². The van der Waals surface area contributed by atoms with Gasteiger partial charge in [-0.25, -0.2) is 0 Å². The van der Waals surface area contributed by atoms with E-state index in [4.69, 9.17) is 0 Å². The van der Waals surface area contributed by atoms with Gasteiger partial charge in [-0.1, -0.05) is 58.8 Å². The van der Waals surface area contributed by atoms with E-state index in [0.29, 0.717) is 0 Å². The Labute approximate surface area is 115 Å². The van der Waals surface area contributed by atoms with Crippen molar-refractivity contribution < 1.29 is 21.7 Å². The van der Waals surface area contributed by atoms with Gasteiger partial charge >= 0.3 is 0 Å². The molecule has 0 aromatic heterocycles. The van der Waals surface area contributed by atoms with Gasteiger partial charge in [0.05, 0.1) is 0 Å². The number of hydrogen-bond donors (Lipinski definition) is 0. The summed E-state index contributed by atoms with van der Waals surface area (Å²) in [6.07, 6.45) is 10.3. The summed E-state index contributed by atoms with van der Waals surface area (Å²) >= 11 is 0. The van der Waals surface area contributed by atoms with Crippen LogP contribution in [0.2, 0.25) is 0 Å². The molecule has 0 aliphatic heterocycles. The first-order chi connectivity index (χ1) is 7.33. The molecular formula is C15H23Ti-. The predicted molar refractivity (Wildman–Crippen MR) is 66.6 cm³/mol. The standard InChI is InChI=1S/C15H23.Ti/c1-4-11-12(5-2)14-9-7-8-10-15(14)13(11)6-3;/h9,13H,4-8,10H2,1-3H3;/q-1;. The average Bonchev–Trinajstić information content (AvgIpc) is 2.61. The van der Waals surface area contributed by atoms with E-state index in [1.807, 2.05) is 0 Å². The predicted octanol–water partition coefficient (Wildman–Crippen LogP) is 4.83. The molecule has 88 valence electrons. The van der Waals surface area contributed by atoms with Crippen molar-refractivity contribution in [3.63, 3.8) is 0 Å². The summed E-state index contributed by atoms with van der Waals surface area (Å²) in [6, 6.07) is 0. The Hall–Kier alpha value is 0.0643. The van der Waals surface area contributed by atoms with Crippen molar-refractivity contribution in [1.82, 2.24) is 0 Å². The van der Waals surface area contributed by atoms with E-state index in [-0.39, 0.29) is 21.7 Å². The summed E-state index contributed by atoms with van der Waals surface area (Å²) in [5, 5.41) is 0. The molecule has 0 bridgehead atoms. The normalized spacial score (nSPS) is 24.1. The number of allylic oxidation sites excluding steroid dienone is 4. The Morgan fingerprint density at radius 1 is 1.19 bits per heavy atom. The third kappa shape index (κ3) is 2.20. The van der Waals surface area contributed by atoms with E-state index >= 15 is 0 Å². The minimum absolute atomic E-state index is 0. The minimum Gasteiger partial charge on any atom is -0.189 e. The van der Waals surface area contributed by atoms with Gasteiger partial charge in [0.1, 0.15) is 0 Å². The van der Waals surface area contributed by atoms with Gasteiger partial charge in [-0.3, -0.25) is 0 Å². The zero-order chi connectivity index (χ0) is 10.8. The van der Waals surface area contributed by atoms with Crippen LogP contribution in [-0.2, 0) is 21.7 Å². The van der Waals surface area contributed by atoms with E-state index < -0.39 is 0 Å². The van der Waals surface area contributed by atoms with Gasteiger partial charge in [0.25, 0.3) is 0 Å². The second kappa shape index (κ2) is 6.12. The summed E-state index contributed by atoms with van der Waals surface area (Å²) in [5.41, 5.74) is 6.88. The smallest absolute Gasteiger partial charge is 0 e. The molecule has 0 radical (unpaired) electrons. The maximum absolute atomic E-state index is 2.50. The quantitative estimate of drug-likeness (QED) is 0.498. The van der Waals surface area contributed by atoms with E-state index in [0.717, 1.165) is 5.92 Å². The first-order valence-electron chi connectivity index (χ1n) is 6.61. The molecule has 0 saturated heterocycles. The molecule has 1 heteroatoms. The van der Waals surface area contributed by atoms with Crippen molar-refractivity contribution in [1.29, 1.82) is 0 Å². The molecule has 16 heavy (non-hydrogen) atoms. The molecule has 0 amide bonds. The fourth-order valence-corrected chi connectivity index (χ4v) is 3.45. The van der Waals surface area contributed by atoms with Crippen LogP contribution in [0.3, 0.4) is 0 Å². The summed E-state index contributed by atoms with van der Waals surface area (Å²) in [6.45, 7) is 6.99. The maximum Gasteiger partial charge on any atom is 0 e. The van der Waals surface area contributed by atoms with Crippen LogP contribution in [0.1, 0.15) is 59.3 Å². The summed E-state index contributed by atoms with van der Waals surface area (Å²) in [4.78, 5) is 0. The Balaban J connectivity index is 0.00000128. The molecule has 0 saturated carbocycles. The second-order valence-electron chi connectivity index (χ2n) is 4.71. The summed E-state index contributed by atoms with van der Waals surface area (Å²) < 4.78 is 0. The molecule has 0 aromatic carbocycles. The molecule has 0 nitrogen and oxygen atoms in total. The van der Waals surface area contributed by atoms with Gasteiger partial charge in [-0.15, -0.1) is 5.57 Å². The topological polar surface area (TPSA) is 0 Å². The third-order valence-corrected chi connectivity index (χ3v) is 4.04. The largest absolute Gasteiger partial charge is 0.189 e. The van der Waals surface area contributed by atoms with Gasteiger partial charge in [0.2, 0.25) is 0 Å². The van der Waals surface area contributed by atoms with Crippen LogP contribution in [0.5, 0.6) is 0 Å². The van der Waals surface area contributed by atoms with Gasteiger partial charge in [0, 0.05) is 21.7 Å². The van der Waals surface area contributed by atoms with E-state index in [9.17, 15) is 0 Å². The molecule has 2 rings (SSSR count). The molecule has 0 spiro atoms. The maximum atomic E-state index is 2.50. The van der Waals surface area contributed by atoms with E-state index in [1.54, 1.807) is 22.3 Å². The van der Waals surface area contributed by atoms with Gasteiger partial charge in [0.15, 0.2) is 0 Å². The summed E-state index contributed by atoms with van der Waals surface area (Å²) in [5.74, 6) is 0.802. The van der Waals surface area contributed by atoms with Gasteiger partial charge in [-0.2, -0.15) is 23.1 Å². The van der Waals surface area contributed by atoms with E-state index in [2.05, 4.69) is 27.2 Å². The Kier molecular flexibility index (Phi) is 5.40. The number of rotatable bonds is 3. The molecule has 1 atom stereocenters. The van der Waals surface area contributed by atoms with Crippen LogP contribution >= 0.6 is 0 Å². The zero-order valence-corrected chi connectivity index (χ0v) is 12.5. The van der Waals surface area contributed by atoms with Crippen LogP contribution in [0.25, 0.3) is 0 Å². The Morgan fingerprint density at radius 3 is 2.50 bits per heavy atom. The number of hydrogen-bond acceptors (Lipinski definition) is 0. The van der Waals surface area contributed by atoms with Crippen molar-refractivity contribution in [2.24, 2.45) is 5.92 Å². The third-order valence-electron chi connectivity index (χ3n) is 4.04. The Morgan fingerprint density at radius 2 is 1.94 bits per heavy atom. The van der Waals surface area contributed by atoms with Crippen LogP contribution in [0.15, 0.2) is 22.3 Å². The first-order valence-corrected chi connectivity index (χ1v) is 6.61. The van der Waals surface area contributed by atoms with Crippen molar-refractivity contribution in [2.75, 3.05) is 0 Å². The SMILES string of the molecule is CCC1=C(CC)C(CC)C2=C1[CH-]CCC2.[Ti]. The van der Waals surface area contributed by atoms with Gasteiger partial charge < -0.3 is 0 Å². The van der Waals surface area contributed by atoms with Crippen molar-refractivity contribution >= 4 is 0 Å². The molecule has 0 aromatic rings. The minimum atomic E-state index is 0. The van der Waals surface area contributed by atoms with Crippen molar-refractivity contribution in [3.05, 3.63) is 28.7 Å². The fourth-order valence-electron chi connectivity index (χ4n) is 3.45. The van der Waals surface area contributed by atoms with Crippen LogP contribution in [0, 0.1) is 12.3 Å². The molecule has 0 N–H and O–H groups in total. The first kappa shape index (κ1) is 14.1. The monoisotopic (exact) mass is 251 g/mol. The molecular weight excluding hydrogens is 228 g/mol. The van der Waals surface area contributed by atoms with Crippen LogP contribution < -0.4 is 0 Å². The fraction of sp³-hybridized carbons (Fsp3) is 0.667. The zero-order valence-electron chi connectivity index (χ0n) is 10.9. The van der Waals surface area contributed by atoms with E-state index in [1.165, 1.54) is 38.5 Å². The molecule has 0 fully saturated rings. The van der Waals surface area contributed by atoms with Crippen molar-refractivity contribution in [2.45, 2.75) is 59.3 Å². The van der Waals surface area contributed by atoms with Crippen molar-refractivity contribution in [3.8, 4) is 0 Å². The molecule has 2 aliphatic carbocycles. The average molecular weight is 251 g/mol. The summed E-state index contributed by atoms with van der Waals surface area (Å²) in [7, 11) is 0. The Bertz CT molecular complexity index is 297. The van der Waals surface area contributed by atoms with Crippen LogP contribution in [-0.4, -0.2) is 0 Å². The molecule has 2 aliphatic rings. The second-order valence-corrected chi connectivity index (χ2v) is 4.71. The molecule has 1 unspecified atom stereocenters. The molecule has 0 heterocycles. The van der Waals surface area contributed by atoms with Crippen LogP contribution in [0.4, 0.5) is 0 Å².